The van der Waals surface area contributed by atoms with Crippen molar-refractivity contribution in [3.63, 3.8) is 0 Å². The van der Waals surface area contributed by atoms with Crippen LogP contribution >= 0.6 is 11.6 Å². The number of hydrogen-bond acceptors (Lipinski definition) is 2. The van der Waals surface area contributed by atoms with Crippen LogP contribution in [-0.2, 0) is 16.2 Å². The summed E-state index contributed by atoms with van der Waals surface area (Å²) in [5.41, 5.74) is -0.845. The van der Waals surface area contributed by atoms with E-state index in [2.05, 4.69) is 0 Å². The Kier molecular flexibility index (Phi) is 4.39. The first-order chi connectivity index (χ1) is 10.1. The summed E-state index contributed by atoms with van der Waals surface area (Å²) in [4.78, 5) is -0.476. The maximum absolute atomic E-state index is 12.8. The number of sulfonamides is 1. The molecule has 0 aliphatic rings. The third-order valence-corrected chi connectivity index (χ3v) is 5.13. The minimum Gasteiger partial charge on any atom is -0.269 e. The molecule has 0 amide bonds. The lowest BCUT2D eigenvalue weighted by molar-refractivity contribution is -0.137. The molecule has 0 heterocycles. The quantitative estimate of drug-likeness (QED) is 0.833. The molecule has 0 N–H and O–H groups in total. The highest BCUT2D eigenvalue weighted by molar-refractivity contribution is 7.92. The first-order valence-electron chi connectivity index (χ1n) is 6.05. The van der Waals surface area contributed by atoms with Gasteiger partial charge in [-0.2, -0.15) is 13.2 Å². The number of nitrogens with zero attached hydrogens (tertiary/aromatic N) is 1. The predicted molar refractivity (Wildman–Crippen MR) is 78.5 cm³/mol. The molecule has 0 radical (unpaired) electrons. The van der Waals surface area contributed by atoms with Crippen LogP contribution in [0.25, 0.3) is 0 Å². The Bertz CT molecular complexity index is 776. The summed E-state index contributed by atoms with van der Waals surface area (Å²) in [6, 6.07) is 10.6. The van der Waals surface area contributed by atoms with E-state index in [0.29, 0.717) is 11.8 Å². The minimum atomic E-state index is -4.73. The Morgan fingerprint density at radius 2 is 1.64 bits per heavy atom. The van der Waals surface area contributed by atoms with E-state index in [1.165, 1.54) is 19.2 Å². The van der Waals surface area contributed by atoms with Crippen LogP contribution in [0, 0.1) is 0 Å². The first kappa shape index (κ1) is 16.6. The fourth-order valence-corrected chi connectivity index (χ4v) is 3.26. The molecule has 0 fully saturated rings. The maximum Gasteiger partial charge on any atom is 0.417 e. The molecule has 22 heavy (non-hydrogen) atoms. The molecule has 2 aromatic carbocycles. The van der Waals surface area contributed by atoms with Crippen LogP contribution in [0.4, 0.5) is 18.9 Å². The van der Waals surface area contributed by atoms with Crippen LogP contribution in [0.3, 0.4) is 0 Å². The number of para-hydroxylation sites is 1. The monoisotopic (exact) mass is 349 g/mol. The third kappa shape index (κ3) is 3.20. The molecule has 0 aliphatic heterocycles. The minimum absolute atomic E-state index is 0.339. The van der Waals surface area contributed by atoms with E-state index < -0.39 is 31.7 Å². The van der Waals surface area contributed by atoms with Crippen LogP contribution in [0.2, 0.25) is 5.02 Å². The number of halogens is 4. The van der Waals surface area contributed by atoms with Gasteiger partial charge < -0.3 is 0 Å². The molecule has 8 heteroatoms. The fourth-order valence-electron chi connectivity index (χ4n) is 1.82. The molecule has 0 bridgehead atoms. The molecule has 0 aromatic heterocycles. The third-order valence-electron chi connectivity index (χ3n) is 3.02. The first-order valence-corrected chi connectivity index (χ1v) is 7.86. The van der Waals surface area contributed by atoms with Crippen LogP contribution in [0.15, 0.2) is 53.4 Å². The van der Waals surface area contributed by atoms with Gasteiger partial charge in [0.2, 0.25) is 0 Å². The molecule has 3 nitrogen and oxygen atoms in total. The molecule has 0 saturated carbocycles. The number of alkyl halides is 3. The van der Waals surface area contributed by atoms with Gasteiger partial charge in [-0.3, -0.25) is 4.31 Å². The fraction of sp³-hybridized carbons (Fsp3) is 0.143. The van der Waals surface area contributed by atoms with Gasteiger partial charge in [0.05, 0.1) is 21.2 Å². The summed E-state index contributed by atoms with van der Waals surface area (Å²) in [5, 5.41) is -0.547. The topological polar surface area (TPSA) is 37.4 Å². The lowest BCUT2D eigenvalue weighted by Gasteiger charge is -2.20. The van der Waals surface area contributed by atoms with E-state index in [9.17, 15) is 21.6 Å². The highest BCUT2D eigenvalue weighted by Crippen LogP contribution is 2.36. The zero-order chi connectivity index (χ0) is 16.5. The second-order valence-electron chi connectivity index (χ2n) is 4.45. The molecule has 0 atom stereocenters. The van der Waals surface area contributed by atoms with E-state index in [0.717, 1.165) is 16.4 Å². The summed E-state index contributed by atoms with van der Waals surface area (Å²) in [5.74, 6) is 0. The number of anilines is 1. The van der Waals surface area contributed by atoms with Crippen LogP contribution in [-0.4, -0.2) is 15.5 Å². The van der Waals surface area contributed by atoms with Crippen molar-refractivity contribution in [2.75, 3.05) is 11.4 Å². The lowest BCUT2D eigenvalue weighted by atomic mass is 10.2. The molecule has 2 aromatic rings. The number of hydrogen-bond donors (Lipinski definition) is 0. The van der Waals surface area contributed by atoms with Gasteiger partial charge >= 0.3 is 6.18 Å². The van der Waals surface area contributed by atoms with E-state index >= 15 is 0 Å². The normalized spacial score (nSPS) is 12.2. The van der Waals surface area contributed by atoms with E-state index in [4.69, 9.17) is 11.6 Å². The number of rotatable bonds is 3. The molecular formula is C14H11ClF3NO2S. The van der Waals surface area contributed by atoms with Crippen LogP contribution in [0.5, 0.6) is 0 Å². The second kappa shape index (κ2) is 5.81. The van der Waals surface area contributed by atoms with Crippen molar-refractivity contribution in [3.05, 3.63) is 59.1 Å². The molecule has 0 saturated heterocycles. The van der Waals surface area contributed by atoms with Crippen molar-refractivity contribution in [2.45, 2.75) is 11.1 Å². The zero-order valence-electron chi connectivity index (χ0n) is 11.3. The SMILES string of the molecule is CN(c1ccccc1)S(=O)(=O)c1ccc(Cl)c(C(F)(F)F)c1. The van der Waals surface area contributed by atoms with Crippen molar-refractivity contribution in [3.8, 4) is 0 Å². The molecular weight excluding hydrogens is 339 g/mol. The van der Waals surface area contributed by atoms with Gasteiger partial charge in [0, 0.05) is 7.05 Å². The Morgan fingerprint density at radius 3 is 2.18 bits per heavy atom. The van der Waals surface area contributed by atoms with Gasteiger partial charge in [-0.15, -0.1) is 0 Å². The van der Waals surface area contributed by atoms with Gasteiger partial charge in [-0.05, 0) is 30.3 Å². The Hall–Kier alpha value is -1.73. The van der Waals surface area contributed by atoms with Crippen molar-refractivity contribution in [1.29, 1.82) is 0 Å². The van der Waals surface area contributed by atoms with Gasteiger partial charge in [-0.25, -0.2) is 8.42 Å². The number of benzene rings is 2. The van der Waals surface area contributed by atoms with E-state index in [1.54, 1.807) is 18.2 Å². The van der Waals surface area contributed by atoms with E-state index in [-0.39, 0.29) is 0 Å². The molecule has 0 spiro atoms. The van der Waals surface area contributed by atoms with Crippen molar-refractivity contribution < 1.29 is 21.6 Å². The highest BCUT2D eigenvalue weighted by Gasteiger charge is 2.35. The maximum atomic E-state index is 12.8. The van der Waals surface area contributed by atoms with Crippen molar-refractivity contribution in [1.82, 2.24) is 0 Å². The summed E-state index contributed by atoms with van der Waals surface area (Å²) in [6.07, 6.45) is -4.73. The standard InChI is InChI=1S/C14H11ClF3NO2S/c1-19(10-5-3-2-4-6-10)22(20,21)11-7-8-13(15)12(9-11)14(16,17)18/h2-9H,1H3. The summed E-state index contributed by atoms with van der Waals surface area (Å²) >= 11 is 5.50. The predicted octanol–water partition coefficient (Wildman–Crippen LogP) is 4.18. The highest BCUT2D eigenvalue weighted by atomic mass is 35.5. The average Bonchev–Trinajstić information content (AvgIpc) is 2.46. The van der Waals surface area contributed by atoms with Crippen molar-refractivity contribution in [2.24, 2.45) is 0 Å². The second-order valence-corrected chi connectivity index (χ2v) is 6.82. The summed E-state index contributed by atoms with van der Waals surface area (Å²) in [7, 11) is -2.85. The van der Waals surface area contributed by atoms with Gasteiger partial charge in [0.25, 0.3) is 10.0 Å². The van der Waals surface area contributed by atoms with Crippen LogP contribution in [0.1, 0.15) is 5.56 Å². The van der Waals surface area contributed by atoms with Gasteiger partial charge in [0.1, 0.15) is 0 Å². The van der Waals surface area contributed by atoms with E-state index in [1.807, 2.05) is 0 Å². The molecule has 118 valence electrons. The summed E-state index contributed by atoms with van der Waals surface area (Å²) in [6.45, 7) is 0. The van der Waals surface area contributed by atoms with Crippen molar-refractivity contribution >= 4 is 27.3 Å². The zero-order valence-corrected chi connectivity index (χ0v) is 12.9. The Balaban J connectivity index is 2.51. The lowest BCUT2D eigenvalue weighted by Crippen LogP contribution is -2.26. The smallest absolute Gasteiger partial charge is 0.269 e. The Morgan fingerprint density at radius 1 is 1.05 bits per heavy atom. The van der Waals surface area contributed by atoms with Gasteiger partial charge in [-0.1, -0.05) is 29.8 Å². The average molecular weight is 350 g/mol. The molecule has 0 unspecified atom stereocenters. The Labute approximate surface area is 131 Å². The molecule has 0 aliphatic carbocycles. The molecule has 2 rings (SSSR count). The summed E-state index contributed by atoms with van der Waals surface area (Å²) < 4.78 is 64.3. The van der Waals surface area contributed by atoms with Gasteiger partial charge in [0.15, 0.2) is 0 Å². The largest absolute Gasteiger partial charge is 0.417 e. The van der Waals surface area contributed by atoms with Crippen LogP contribution < -0.4 is 4.31 Å².